The molecule has 0 bridgehead atoms. The largest absolute Gasteiger partial charge is 0.379 e. The molecule has 1 aliphatic heterocycles. The van der Waals surface area contributed by atoms with Gasteiger partial charge >= 0.3 is 0 Å². The molecular formula is C16H16ClN5OS. The number of aromatic nitrogens is 2. The highest BCUT2D eigenvalue weighted by Crippen LogP contribution is 2.35. The second-order valence-corrected chi connectivity index (χ2v) is 7.13. The van der Waals surface area contributed by atoms with Crippen molar-refractivity contribution in [2.75, 3.05) is 11.1 Å². The first-order chi connectivity index (χ1) is 11.5. The van der Waals surface area contributed by atoms with E-state index in [1.807, 2.05) is 31.2 Å². The number of amides is 1. The van der Waals surface area contributed by atoms with Crippen LogP contribution in [0.4, 0.5) is 5.69 Å². The number of nitrogens with zero attached hydrogens (tertiary/aromatic N) is 3. The number of thioether (sulfide) groups is 1. The van der Waals surface area contributed by atoms with Gasteiger partial charge in [0, 0.05) is 23.8 Å². The Labute approximate surface area is 148 Å². The maximum absolute atomic E-state index is 12.2. The summed E-state index contributed by atoms with van der Waals surface area (Å²) in [5, 5.41) is 3.77. The number of amidine groups is 1. The van der Waals surface area contributed by atoms with Crippen molar-refractivity contribution in [3.8, 4) is 0 Å². The normalized spacial score (nSPS) is 20.3. The average molecular weight is 362 g/mol. The summed E-state index contributed by atoms with van der Waals surface area (Å²) in [5.74, 6) is 0.588. The number of rotatable bonds is 3. The van der Waals surface area contributed by atoms with Crippen molar-refractivity contribution in [2.24, 2.45) is 10.7 Å². The predicted molar refractivity (Wildman–Crippen MR) is 97.5 cm³/mol. The number of carbonyl (C=O) groups is 1. The van der Waals surface area contributed by atoms with E-state index in [0.717, 1.165) is 17.7 Å². The first kappa shape index (κ1) is 16.7. The summed E-state index contributed by atoms with van der Waals surface area (Å²) >= 11 is 7.29. The lowest BCUT2D eigenvalue weighted by Gasteiger charge is -2.30. The van der Waals surface area contributed by atoms with Crippen LogP contribution in [0.5, 0.6) is 0 Å². The Morgan fingerprint density at radius 2 is 2.12 bits per heavy atom. The monoisotopic (exact) mass is 361 g/mol. The van der Waals surface area contributed by atoms with Crippen molar-refractivity contribution in [3.05, 3.63) is 53.1 Å². The summed E-state index contributed by atoms with van der Waals surface area (Å²) in [5.41, 5.74) is 7.15. The molecule has 6 nitrogen and oxygen atoms in total. The molecule has 3 rings (SSSR count). The quantitative estimate of drug-likeness (QED) is 0.876. The van der Waals surface area contributed by atoms with E-state index in [0.29, 0.717) is 15.9 Å². The number of nitrogens with one attached hydrogen (secondary N) is 1. The molecule has 0 aliphatic carbocycles. The lowest BCUT2D eigenvalue weighted by Crippen LogP contribution is -2.28. The van der Waals surface area contributed by atoms with Crippen LogP contribution in [0.2, 0.25) is 5.02 Å². The van der Waals surface area contributed by atoms with Crippen LogP contribution in [-0.2, 0) is 5.54 Å². The molecular weight excluding hydrogens is 346 g/mol. The van der Waals surface area contributed by atoms with Crippen molar-refractivity contribution < 1.29 is 4.79 Å². The standard InChI is InChI=1S/C16H16ClN5OS/c1-16(5-6-24-15(18)22-16)10-3-2-4-12(7-10)21-14(23)13-19-8-11(17)9-20-13/h2-4,7-9H,5-6H2,1H3,(H2,18,22)(H,21,23). The first-order valence-corrected chi connectivity index (χ1v) is 8.70. The number of benzene rings is 1. The second-order valence-electron chi connectivity index (χ2n) is 5.58. The van der Waals surface area contributed by atoms with Gasteiger partial charge in [-0.05, 0) is 31.0 Å². The van der Waals surface area contributed by atoms with E-state index in [9.17, 15) is 4.79 Å². The van der Waals surface area contributed by atoms with Gasteiger partial charge in [-0.15, -0.1) is 0 Å². The Balaban J connectivity index is 1.82. The average Bonchev–Trinajstić information content (AvgIpc) is 2.55. The van der Waals surface area contributed by atoms with Crippen LogP contribution in [0.15, 0.2) is 41.7 Å². The van der Waals surface area contributed by atoms with Gasteiger partial charge in [-0.25, -0.2) is 9.97 Å². The maximum Gasteiger partial charge on any atom is 0.293 e. The summed E-state index contributed by atoms with van der Waals surface area (Å²) in [4.78, 5) is 24.6. The number of nitrogens with two attached hydrogens (primary N) is 1. The van der Waals surface area contributed by atoms with E-state index < -0.39 is 5.91 Å². The Morgan fingerprint density at radius 1 is 1.38 bits per heavy atom. The number of hydrogen-bond donors (Lipinski definition) is 2. The third-order valence-electron chi connectivity index (χ3n) is 3.76. The molecule has 1 aromatic carbocycles. The Kier molecular flexibility index (Phi) is 4.73. The van der Waals surface area contributed by atoms with E-state index in [-0.39, 0.29) is 11.4 Å². The Bertz CT molecular complexity index is 795. The molecule has 8 heteroatoms. The molecule has 24 heavy (non-hydrogen) atoms. The molecule has 0 saturated carbocycles. The molecule has 2 aromatic rings. The van der Waals surface area contributed by atoms with Gasteiger partial charge in [-0.3, -0.25) is 9.79 Å². The van der Waals surface area contributed by atoms with Crippen molar-refractivity contribution in [2.45, 2.75) is 18.9 Å². The van der Waals surface area contributed by atoms with Crippen LogP contribution in [0.25, 0.3) is 0 Å². The van der Waals surface area contributed by atoms with E-state index >= 15 is 0 Å². The van der Waals surface area contributed by atoms with Gasteiger partial charge in [0.25, 0.3) is 5.91 Å². The molecule has 124 valence electrons. The molecule has 0 radical (unpaired) electrons. The van der Waals surface area contributed by atoms with Crippen LogP contribution in [0.3, 0.4) is 0 Å². The van der Waals surface area contributed by atoms with Crippen molar-refractivity contribution in [1.29, 1.82) is 0 Å². The fraction of sp³-hybridized carbons (Fsp3) is 0.250. The van der Waals surface area contributed by atoms with Crippen molar-refractivity contribution in [3.63, 3.8) is 0 Å². The summed E-state index contributed by atoms with van der Waals surface area (Å²) in [6.45, 7) is 2.04. The molecule has 3 N–H and O–H groups in total. The molecule has 2 heterocycles. The number of anilines is 1. The highest BCUT2D eigenvalue weighted by Gasteiger charge is 2.29. The van der Waals surface area contributed by atoms with Crippen LogP contribution < -0.4 is 11.1 Å². The SMILES string of the molecule is CC1(c2cccc(NC(=O)c3ncc(Cl)cn3)c2)CCSC(N)=N1. The second kappa shape index (κ2) is 6.78. The number of hydrogen-bond acceptors (Lipinski definition) is 6. The highest BCUT2D eigenvalue weighted by atomic mass is 35.5. The summed E-state index contributed by atoms with van der Waals surface area (Å²) in [7, 11) is 0. The van der Waals surface area contributed by atoms with Gasteiger partial charge < -0.3 is 11.1 Å². The zero-order chi connectivity index (χ0) is 17.2. The molecule has 1 amide bonds. The number of aliphatic imine (C=N–C) groups is 1. The minimum atomic E-state index is -0.392. The molecule has 1 unspecified atom stereocenters. The summed E-state index contributed by atoms with van der Waals surface area (Å²) in [6.07, 6.45) is 3.66. The highest BCUT2D eigenvalue weighted by molar-refractivity contribution is 8.13. The van der Waals surface area contributed by atoms with Crippen LogP contribution >= 0.6 is 23.4 Å². The van der Waals surface area contributed by atoms with Crippen molar-refractivity contribution in [1.82, 2.24) is 9.97 Å². The number of carbonyl (C=O) groups excluding carboxylic acids is 1. The summed E-state index contributed by atoms with van der Waals surface area (Å²) < 4.78 is 0. The van der Waals surface area contributed by atoms with Crippen LogP contribution in [0.1, 0.15) is 29.5 Å². The zero-order valence-electron chi connectivity index (χ0n) is 13.0. The van der Waals surface area contributed by atoms with E-state index in [1.54, 1.807) is 11.8 Å². The third-order valence-corrected chi connectivity index (χ3v) is 4.75. The van der Waals surface area contributed by atoms with Gasteiger partial charge in [-0.2, -0.15) is 0 Å². The predicted octanol–water partition coefficient (Wildman–Crippen LogP) is 3.05. The van der Waals surface area contributed by atoms with Crippen LogP contribution in [-0.4, -0.2) is 26.8 Å². The van der Waals surface area contributed by atoms with Crippen molar-refractivity contribution >= 4 is 40.1 Å². The molecule has 0 saturated heterocycles. The number of halogens is 1. The van der Waals surface area contributed by atoms with E-state index in [1.165, 1.54) is 12.4 Å². The van der Waals surface area contributed by atoms with E-state index in [2.05, 4.69) is 20.3 Å². The molecule has 0 fully saturated rings. The lowest BCUT2D eigenvalue weighted by molar-refractivity contribution is 0.101. The maximum atomic E-state index is 12.2. The first-order valence-electron chi connectivity index (χ1n) is 7.34. The zero-order valence-corrected chi connectivity index (χ0v) is 14.6. The minimum absolute atomic E-state index is 0.0624. The Hall–Kier alpha value is -2.12. The molecule has 1 aliphatic rings. The summed E-state index contributed by atoms with van der Waals surface area (Å²) in [6, 6.07) is 7.58. The lowest BCUT2D eigenvalue weighted by atomic mass is 9.89. The third kappa shape index (κ3) is 3.68. The van der Waals surface area contributed by atoms with Gasteiger partial charge in [0.1, 0.15) is 0 Å². The van der Waals surface area contributed by atoms with Gasteiger partial charge in [0.05, 0.1) is 10.6 Å². The van der Waals surface area contributed by atoms with Gasteiger partial charge in [-0.1, -0.05) is 35.5 Å². The minimum Gasteiger partial charge on any atom is -0.379 e. The fourth-order valence-corrected chi connectivity index (χ4v) is 3.52. The van der Waals surface area contributed by atoms with E-state index in [4.69, 9.17) is 17.3 Å². The molecule has 1 aromatic heterocycles. The molecule has 0 spiro atoms. The van der Waals surface area contributed by atoms with Gasteiger partial charge in [0.15, 0.2) is 5.17 Å². The van der Waals surface area contributed by atoms with Crippen LogP contribution in [0, 0.1) is 0 Å². The topological polar surface area (TPSA) is 93.3 Å². The Morgan fingerprint density at radius 3 is 2.83 bits per heavy atom. The molecule has 1 atom stereocenters. The fourth-order valence-electron chi connectivity index (χ4n) is 2.44. The smallest absolute Gasteiger partial charge is 0.293 e. The van der Waals surface area contributed by atoms with Gasteiger partial charge in [0.2, 0.25) is 5.82 Å².